The van der Waals surface area contributed by atoms with Crippen molar-refractivity contribution in [2.24, 2.45) is 0 Å². The van der Waals surface area contributed by atoms with Crippen LogP contribution in [0.5, 0.6) is 0 Å². The first kappa shape index (κ1) is 33.1. The molecule has 0 N–H and O–H groups in total. The third-order valence-electron chi connectivity index (χ3n) is 11.0. The molecule has 7 aromatic rings. The summed E-state index contributed by atoms with van der Waals surface area (Å²) in [5.41, 5.74) is 12.1. The minimum Gasteiger partial charge on any atom is -0.310 e. The van der Waals surface area contributed by atoms with Gasteiger partial charge in [0.15, 0.2) is 0 Å². The highest BCUT2D eigenvalue weighted by atomic mass is 32.1. The van der Waals surface area contributed by atoms with E-state index in [-0.39, 0.29) is 0 Å². The van der Waals surface area contributed by atoms with Gasteiger partial charge in [-0.25, -0.2) is 0 Å². The smallest absolute Gasteiger partial charge is 0.0713 e. The lowest BCUT2D eigenvalue weighted by molar-refractivity contribution is 0.925. The first-order chi connectivity index (χ1) is 26.6. The summed E-state index contributed by atoms with van der Waals surface area (Å²) in [5.74, 6) is 0. The summed E-state index contributed by atoms with van der Waals surface area (Å²) in [4.78, 5) is 4.80. The SMILES string of the molecule is CCCc1cc2ccccc2cc1-c1cccc2c3cc(N(c4ccccc4)c4cccc(C)c4)cc(c3S)n3c4c(sc5cccc(c5-3)c12)CCC=C4. The Morgan fingerprint density at radius 2 is 1.44 bits per heavy atom. The molecule has 0 radical (unpaired) electrons. The molecule has 2 aliphatic heterocycles. The van der Waals surface area contributed by atoms with Crippen molar-refractivity contribution in [2.75, 3.05) is 4.90 Å². The van der Waals surface area contributed by atoms with E-state index in [1.165, 1.54) is 70.1 Å². The topological polar surface area (TPSA) is 8.17 Å². The molecule has 2 nitrogen and oxygen atoms in total. The summed E-state index contributed by atoms with van der Waals surface area (Å²) in [6, 6.07) is 51.8. The normalized spacial score (nSPS) is 12.6. The van der Waals surface area contributed by atoms with Crippen LogP contribution in [0.2, 0.25) is 0 Å². The van der Waals surface area contributed by atoms with Gasteiger partial charge in [-0.15, -0.1) is 24.0 Å². The van der Waals surface area contributed by atoms with Crippen molar-refractivity contribution in [3.63, 3.8) is 0 Å². The van der Waals surface area contributed by atoms with E-state index in [0.29, 0.717) is 0 Å². The maximum absolute atomic E-state index is 5.52. The van der Waals surface area contributed by atoms with E-state index in [2.05, 4.69) is 175 Å². The molecule has 4 heteroatoms. The van der Waals surface area contributed by atoms with Gasteiger partial charge in [-0.3, -0.25) is 0 Å². The van der Waals surface area contributed by atoms with Crippen molar-refractivity contribution in [1.82, 2.24) is 4.57 Å². The average Bonchev–Trinajstić information content (AvgIpc) is 3.20. The Hall–Kier alpha value is -5.55. The monoisotopic (exact) mass is 732 g/mol. The Morgan fingerprint density at radius 1 is 0.685 bits per heavy atom. The van der Waals surface area contributed by atoms with Crippen LogP contribution in [0.25, 0.3) is 65.4 Å². The molecule has 0 aromatic heterocycles. The minimum absolute atomic E-state index is 0.986. The van der Waals surface area contributed by atoms with Gasteiger partial charge >= 0.3 is 0 Å². The van der Waals surface area contributed by atoms with Crippen LogP contribution in [-0.2, 0) is 12.8 Å². The molecule has 0 spiro atoms. The number of para-hydroxylation sites is 2. The predicted molar refractivity (Wildman–Crippen MR) is 237 cm³/mol. The molecule has 0 atom stereocenters. The number of hydrogen-bond donors (Lipinski definition) is 1. The molecule has 0 saturated carbocycles. The zero-order valence-corrected chi connectivity index (χ0v) is 32.2. The third-order valence-corrected chi connectivity index (χ3v) is 12.7. The van der Waals surface area contributed by atoms with Crippen LogP contribution in [0.4, 0.5) is 17.1 Å². The molecule has 3 aliphatic rings. The Bertz CT molecular complexity index is 2930. The molecule has 7 aromatic carbocycles. The number of allylic oxidation sites excluding steroid dienone is 1. The second kappa shape index (κ2) is 13.4. The Kier molecular flexibility index (Phi) is 8.19. The molecule has 2 bridgehead atoms. The summed E-state index contributed by atoms with van der Waals surface area (Å²) in [6.45, 7) is 4.45. The lowest BCUT2D eigenvalue weighted by Gasteiger charge is -2.29. The number of fused-ring (bicyclic) bond motifs is 9. The number of hydrogen-bond acceptors (Lipinski definition) is 3. The van der Waals surface area contributed by atoms with Gasteiger partial charge in [0.2, 0.25) is 0 Å². The highest BCUT2D eigenvalue weighted by Crippen LogP contribution is 2.48. The molecule has 262 valence electrons. The van der Waals surface area contributed by atoms with E-state index in [9.17, 15) is 0 Å². The maximum atomic E-state index is 5.52. The van der Waals surface area contributed by atoms with Crippen LogP contribution in [0.1, 0.15) is 41.5 Å². The van der Waals surface area contributed by atoms with E-state index >= 15 is 0 Å². The number of anilines is 3. The number of thiol groups is 1. The Balaban J connectivity index is 1.42. The van der Waals surface area contributed by atoms with Gasteiger partial charge in [0, 0.05) is 32.2 Å². The fourth-order valence-electron chi connectivity index (χ4n) is 8.68. The summed E-state index contributed by atoms with van der Waals surface area (Å²) in [7, 11) is 0. The fourth-order valence-corrected chi connectivity index (χ4v) is 10.2. The number of aromatic nitrogens is 1. The first-order valence-electron chi connectivity index (χ1n) is 19.0. The molecular formula is C50H40N2S2. The van der Waals surface area contributed by atoms with Crippen LogP contribution in [0.3, 0.4) is 0 Å². The molecule has 0 saturated heterocycles. The van der Waals surface area contributed by atoms with E-state index < -0.39 is 0 Å². The van der Waals surface area contributed by atoms with Gasteiger partial charge in [-0.05, 0) is 130 Å². The van der Waals surface area contributed by atoms with Crippen molar-refractivity contribution in [3.05, 3.63) is 167 Å². The van der Waals surface area contributed by atoms with Gasteiger partial charge in [-0.1, -0.05) is 110 Å². The summed E-state index contributed by atoms with van der Waals surface area (Å²) in [5, 5.41) is 7.40. The molecule has 0 unspecified atom stereocenters. The van der Waals surface area contributed by atoms with Crippen molar-refractivity contribution in [1.29, 1.82) is 0 Å². The van der Waals surface area contributed by atoms with Crippen LogP contribution in [0, 0.1) is 6.92 Å². The number of benzene rings is 7. The third kappa shape index (κ3) is 5.39. The van der Waals surface area contributed by atoms with Gasteiger partial charge in [0.05, 0.1) is 21.6 Å². The maximum Gasteiger partial charge on any atom is 0.0713 e. The number of aryl methyl sites for hydroxylation is 3. The lowest BCUT2D eigenvalue weighted by Crippen LogP contribution is -2.12. The van der Waals surface area contributed by atoms with Crippen molar-refractivity contribution >= 4 is 89.6 Å². The van der Waals surface area contributed by atoms with Gasteiger partial charge in [0.1, 0.15) is 0 Å². The van der Waals surface area contributed by atoms with Crippen LogP contribution in [-0.4, -0.2) is 4.57 Å². The second-order valence-corrected chi connectivity index (χ2v) is 16.1. The highest BCUT2D eigenvalue weighted by Gasteiger charge is 2.25. The quantitative estimate of drug-likeness (QED) is 0.167. The van der Waals surface area contributed by atoms with Crippen molar-refractivity contribution < 1.29 is 0 Å². The zero-order valence-electron chi connectivity index (χ0n) is 30.5. The molecule has 10 rings (SSSR count). The van der Waals surface area contributed by atoms with Crippen LogP contribution < -0.4 is 4.90 Å². The van der Waals surface area contributed by atoms with Crippen LogP contribution >= 0.6 is 24.0 Å². The summed E-state index contributed by atoms with van der Waals surface area (Å²) < 4.78 is 3.82. The predicted octanol–water partition coefficient (Wildman–Crippen LogP) is 14.8. The fraction of sp³-hybridized carbons (Fsp3) is 0.120. The Labute approximate surface area is 326 Å². The largest absolute Gasteiger partial charge is 0.310 e. The summed E-state index contributed by atoms with van der Waals surface area (Å²) >= 11 is 7.46. The van der Waals surface area contributed by atoms with E-state index in [1.54, 1.807) is 0 Å². The Morgan fingerprint density at radius 3 is 2.28 bits per heavy atom. The molecule has 0 amide bonds. The van der Waals surface area contributed by atoms with Gasteiger partial charge in [0.25, 0.3) is 0 Å². The molecule has 54 heavy (non-hydrogen) atoms. The molecule has 1 aliphatic carbocycles. The van der Waals surface area contributed by atoms with Crippen molar-refractivity contribution in [3.8, 4) is 16.8 Å². The second-order valence-electron chi connectivity index (χ2n) is 14.5. The van der Waals surface area contributed by atoms with Gasteiger partial charge in [-0.2, -0.15) is 0 Å². The molecule has 0 fully saturated rings. The standard InChI is InChI=1S/C50H40N2S2/c1-3-14-35-28-33-16-7-8-17-34(33)29-42(35)39-21-12-22-40-43-30-38(51(36-18-5-4-6-19-36)37-20-11-15-32(2)27-37)31-45(50(43)53)52-44-24-9-10-25-46(44)54-47-26-13-23-41(48(39)40)49(47)52/h4-9,11-13,15-24,26-31,53H,3,10,14,25H2,1-2H3. The van der Waals surface area contributed by atoms with Gasteiger partial charge < -0.3 is 9.47 Å². The molecular weight excluding hydrogens is 693 g/mol. The molecule has 2 heterocycles. The minimum atomic E-state index is 0.986. The summed E-state index contributed by atoms with van der Waals surface area (Å²) in [6.07, 6.45) is 8.86. The van der Waals surface area contributed by atoms with E-state index in [4.69, 9.17) is 12.6 Å². The van der Waals surface area contributed by atoms with Crippen LogP contribution in [0.15, 0.2) is 150 Å². The van der Waals surface area contributed by atoms with Crippen molar-refractivity contribution in [2.45, 2.75) is 44.4 Å². The zero-order chi connectivity index (χ0) is 36.3. The number of rotatable bonds is 6. The average molecular weight is 733 g/mol. The lowest BCUT2D eigenvalue weighted by atomic mass is 9.88. The highest BCUT2D eigenvalue weighted by molar-refractivity contribution is 7.80. The number of nitrogens with zero attached hydrogens (tertiary/aromatic N) is 2. The van der Waals surface area contributed by atoms with E-state index in [0.717, 1.165) is 58.5 Å². The first-order valence-corrected chi connectivity index (χ1v) is 20.3. The van der Waals surface area contributed by atoms with E-state index in [1.807, 2.05) is 11.3 Å².